The molecule has 118 valence electrons. The van der Waals surface area contributed by atoms with Crippen LogP contribution in [-0.4, -0.2) is 16.9 Å². The van der Waals surface area contributed by atoms with Gasteiger partial charge in [-0.1, -0.05) is 43.4 Å². The highest BCUT2D eigenvalue weighted by Crippen LogP contribution is 2.21. The van der Waals surface area contributed by atoms with Crippen LogP contribution in [0, 0.1) is 0 Å². The van der Waals surface area contributed by atoms with Gasteiger partial charge in [0.2, 0.25) is 0 Å². The third kappa shape index (κ3) is 10.1. The maximum absolute atomic E-state index is 11.1. The lowest BCUT2D eigenvalue weighted by molar-refractivity contribution is -0.136. The van der Waals surface area contributed by atoms with Crippen molar-refractivity contribution >= 4 is 11.8 Å². The van der Waals surface area contributed by atoms with Gasteiger partial charge in [-0.2, -0.15) is 0 Å². The molecule has 3 heteroatoms. The molecule has 1 aliphatic carbocycles. The van der Waals surface area contributed by atoms with Crippen LogP contribution in [0.5, 0.6) is 0 Å². The summed E-state index contributed by atoms with van der Waals surface area (Å²) in [7, 11) is 0. The normalized spacial score (nSPS) is 14.9. The summed E-state index contributed by atoms with van der Waals surface area (Å²) in [5, 5.41) is 8.49. The Hall–Kier alpha value is -1.38. The van der Waals surface area contributed by atoms with E-state index >= 15 is 0 Å². The number of allylic oxidation sites excluding steroid dienone is 4. The standard InChI is InChI=1S/C18H28O3/c19-17-14-13-16(15-17)11-9-7-5-3-1-2-4-6-8-10-12-18(20)21/h6,8,15H,1-5,7,9-14H2,(H,20,21)/b8-6+. The number of carboxylic acid groups (broad SMARTS) is 1. The summed E-state index contributed by atoms with van der Waals surface area (Å²) < 4.78 is 0. The number of aliphatic carboxylic acids is 1. The Morgan fingerprint density at radius 3 is 2.33 bits per heavy atom. The van der Waals surface area contributed by atoms with Crippen molar-refractivity contribution in [2.75, 3.05) is 0 Å². The van der Waals surface area contributed by atoms with Crippen LogP contribution in [-0.2, 0) is 9.59 Å². The highest BCUT2D eigenvalue weighted by Gasteiger charge is 2.10. The molecule has 0 saturated heterocycles. The second-order valence-electron chi connectivity index (χ2n) is 5.83. The van der Waals surface area contributed by atoms with E-state index in [1.165, 1.54) is 44.1 Å². The fourth-order valence-electron chi connectivity index (χ4n) is 2.62. The average molecular weight is 292 g/mol. The number of ketones is 1. The van der Waals surface area contributed by atoms with Crippen molar-refractivity contribution in [2.45, 2.75) is 77.0 Å². The molecule has 0 aromatic rings. The van der Waals surface area contributed by atoms with Gasteiger partial charge in [0.15, 0.2) is 5.78 Å². The number of unbranched alkanes of at least 4 members (excludes halogenated alkanes) is 6. The molecular weight excluding hydrogens is 264 g/mol. The highest BCUT2D eigenvalue weighted by atomic mass is 16.4. The molecule has 0 saturated carbocycles. The second kappa shape index (κ2) is 11.3. The fourth-order valence-corrected chi connectivity index (χ4v) is 2.62. The first kappa shape index (κ1) is 17.7. The molecule has 1 rings (SSSR count). The summed E-state index contributed by atoms with van der Waals surface area (Å²) in [6, 6.07) is 0. The minimum absolute atomic E-state index is 0.235. The third-order valence-corrected chi connectivity index (χ3v) is 3.87. The monoisotopic (exact) mass is 292 g/mol. The lowest BCUT2D eigenvalue weighted by atomic mass is 10.0. The first-order chi connectivity index (χ1) is 10.2. The van der Waals surface area contributed by atoms with Crippen LogP contribution in [0.3, 0.4) is 0 Å². The van der Waals surface area contributed by atoms with Crippen LogP contribution in [0.2, 0.25) is 0 Å². The molecule has 0 bridgehead atoms. The largest absolute Gasteiger partial charge is 0.481 e. The van der Waals surface area contributed by atoms with Crippen LogP contribution < -0.4 is 0 Å². The number of rotatable bonds is 12. The van der Waals surface area contributed by atoms with Crippen molar-refractivity contribution in [3.63, 3.8) is 0 Å². The van der Waals surface area contributed by atoms with Gasteiger partial charge in [0.05, 0.1) is 0 Å². The van der Waals surface area contributed by atoms with Gasteiger partial charge in [0, 0.05) is 12.8 Å². The molecule has 3 nitrogen and oxygen atoms in total. The van der Waals surface area contributed by atoms with Crippen molar-refractivity contribution in [1.29, 1.82) is 0 Å². The Kier molecular flexibility index (Phi) is 9.51. The molecule has 0 heterocycles. The molecule has 0 atom stereocenters. The van der Waals surface area contributed by atoms with Crippen molar-refractivity contribution in [3.8, 4) is 0 Å². The summed E-state index contributed by atoms with van der Waals surface area (Å²) in [5.41, 5.74) is 1.35. The van der Waals surface area contributed by atoms with Gasteiger partial charge < -0.3 is 5.11 Å². The number of carbonyl (C=O) groups excluding carboxylic acids is 1. The zero-order chi connectivity index (χ0) is 15.3. The van der Waals surface area contributed by atoms with E-state index < -0.39 is 5.97 Å². The Morgan fingerprint density at radius 1 is 1.00 bits per heavy atom. The molecule has 0 unspecified atom stereocenters. The average Bonchev–Trinajstić information content (AvgIpc) is 2.85. The van der Waals surface area contributed by atoms with Crippen molar-refractivity contribution in [2.24, 2.45) is 0 Å². The van der Waals surface area contributed by atoms with Gasteiger partial charge in [-0.15, -0.1) is 0 Å². The van der Waals surface area contributed by atoms with Crippen molar-refractivity contribution < 1.29 is 14.7 Å². The van der Waals surface area contributed by atoms with Gasteiger partial charge in [-0.05, 0) is 44.6 Å². The highest BCUT2D eigenvalue weighted by molar-refractivity contribution is 5.92. The summed E-state index contributed by atoms with van der Waals surface area (Å²) in [6.45, 7) is 0. The van der Waals surface area contributed by atoms with Gasteiger partial charge in [-0.25, -0.2) is 0 Å². The number of carbonyl (C=O) groups is 2. The molecule has 0 aromatic carbocycles. The lowest BCUT2D eigenvalue weighted by Crippen LogP contribution is -1.91. The smallest absolute Gasteiger partial charge is 0.303 e. The Bertz CT molecular complexity index is 380. The molecule has 0 spiro atoms. The van der Waals surface area contributed by atoms with Crippen LogP contribution in [0.1, 0.15) is 77.0 Å². The molecule has 21 heavy (non-hydrogen) atoms. The van der Waals surface area contributed by atoms with Crippen molar-refractivity contribution in [1.82, 2.24) is 0 Å². The quantitative estimate of drug-likeness (QED) is 0.414. The van der Waals surface area contributed by atoms with Crippen LogP contribution in [0.4, 0.5) is 0 Å². The second-order valence-corrected chi connectivity index (χ2v) is 5.83. The maximum atomic E-state index is 11.1. The summed E-state index contributed by atoms with van der Waals surface area (Å²) in [4.78, 5) is 21.4. The lowest BCUT2D eigenvalue weighted by Gasteiger charge is -2.02. The van der Waals surface area contributed by atoms with Crippen molar-refractivity contribution in [3.05, 3.63) is 23.8 Å². The number of hydrogen-bond acceptors (Lipinski definition) is 2. The van der Waals surface area contributed by atoms with E-state index in [-0.39, 0.29) is 6.42 Å². The topological polar surface area (TPSA) is 54.4 Å². The molecule has 1 aliphatic rings. The number of hydrogen-bond donors (Lipinski definition) is 1. The minimum Gasteiger partial charge on any atom is -0.481 e. The van der Waals surface area contributed by atoms with Gasteiger partial charge in [0.1, 0.15) is 0 Å². The van der Waals surface area contributed by atoms with Crippen LogP contribution in [0.25, 0.3) is 0 Å². The molecular formula is C18H28O3. The maximum Gasteiger partial charge on any atom is 0.303 e. The molecule has 1 N–H and O–H groups in total. The molecule has 0 aliphatic heterocycles. The van der Waals surface area contributed by atoms with Gasteiger partial charge in [-0.3, -0.25) is 9.59 Å². The summed E-state index contributed by atoms with van der Waals surface area (Å²) in [6.07, 6.45) is 18.2. The van der Waals surface area contributed by atoms with E-state index in [2.05, 4.69) is 6.08 Å². The Morgan fingerprint density at radius 2 is 1.67 bits per heavy atom. The summed E-state index contributed by atoms with van der Waals surface area (Å²) in [5.74, 6) is -0.418. The predicted molar refractivity (Wildman–Crippen MR) is 85.3 cm³/mol. The zero-order valence-electron chi connectivity index (χ0n) is 13.0. The minimum atomic E-state index is -0.725. The fraction of sp³-hybridized carbons (Fsp3) is 0.667. The third-order valence-electron chi connectivity index (χ3n) is 3.87. The Labute approximate surface area is 128 Å². The van der Waals surface area contributed by atoms with Gasteiger partial charge >= 0.3 is 5.97 Å². The van der Waals surface area contributed by atoms with E-state index in [9.17, 15) is 9.59 Å². The molecule has 0 fully saturated rings. The van der Waals surface area contributed by atoms with E-state index in [4.69, 9.17) is 5.11 Å². The first-order valence-corrected chi connectivity index (χ1v) is 8.27. The van der Waals surface area contributed by atoms with Crippen LogP contribution in [0.15, 0.2) is 23.8 Å². The van der Waals surface area contributed by atoms with E-state index in [1.807, 2.05) is 12.2 Å². The SMILES string of the molecule is O=C(O)CC/C=C/CCCCCCCCC1=CC(=O)CC1. The molecule has 0 aromatic heterocycles. The van der Waals surface area contributed by atoms with E-state index in [0.717, 1.165) is 25.7 Å². The summed E-state index contributed by atoms with van der Waals surface area (Å²) >= 11 is 0. The van der Waals surface area contributed by atoms with E-state index in [0.29, 0.717) is 12.2 Å². The zero-order valence-corrected chi connectivity index (χ0v) is 13.0. The van der Waals surface area contributed by atoms with Crippen LogP contribution >= 0.6 is 0 Å². The number of carboxylic acids is 1. The van der Waals surface area contributed by atoms with Gasteiger partial charge in [0.25, 0.3) is 0 Å². The predicted octanol–water partition coefficient (Wildman–Crippen LogP) is 4.82. The first-order valence-electron chi connectivity index (χ1n) is 8.27. The van der Waals surface area contributed by atoms with E-state index in [1.54, 1.807) is 0 Å². The molecule has 0 radical (unpaired) electrons. The molecule has 0 amide bonds. The Balaban J connectivity index is 1.81.